The van der Waals surface area contributed by atoms with E-state index in [1.54, 1.807) is 0 Å². The van der Waals surface area contributed by atoms with Gasteiger partial charge in [0.2, 0.25) is 0 Å². The number of benzene rings is 1. The van der Waals surface area contributed by atoms with Crippen LogP contribution in [0.3, 0.4) is 0 Å². The highest BCUT2D eigenvalue weighted by Crippen LogP contribution is 2.17. The predicted molar refractivity (Wildman–Crippen MR) is 90.4 cm³/mol. The van der Waals surface area contributed by atoms with Crippen molar-refractivity contribution in [2.24, 2.45) is 5.73 Å². The molecule has 21 heavy (non-hydrogen) atoms. The molecule has 1 aliphatic heterocycles. The van der Waals surface area contributed by atoms with Gasteiger partial charge in [0.15, 0.2) is 0 Å². The van der Waals surface area contributed by atoms with E-state index in [4.69, 9.17) is 18.0 Å². The third-order valence-corrected chi connectivity index (χ3v) is 4.38. The van der Waals surface area contributed by atoms with Crippen molar-refractivity contribution in [3.05, 3.63) is 35.4 Å². The number of aliphatic hydroxyl groups excluding tert-OH is 1. The molecule has 0 amide bonds. The van der Waals surface area contributed by atoms with Gasteiger partial charge in [-0.05, 0) is 19.4 Å². The van der Waals surface area contributed by atoms with Gasteiger partial charge in [-0.1, -0.05) is 36.5 Å². The molecule has 2 rings (SSSR count). The quantitative estimate of drug-likeness (QED) is 0.805. The molecule has 0 aromatic heterocycles. The number of nitrogens with zero attached hydrogens (tertiary/aromatic N) is 2. The Kier molecular flexibility index (Phi) is 5.70. The van der Waals surface area contributed by atoms with Crippen molar-refractivity contribution in [1.29, 1.82) is 0 Å². The van der Waals surface area contributed by atoms with E-state index in [9.17, 15) is 5.11 Å². The first-order chi connectivity index (χ1) is 9.97. The summed E-state index contributed by atoms with van der Waals surface area (Å²) in [4.78, 5) is 5.19. The Balaban J connectivity index is 1.87. The number of rotatable bonds is 5. The lowest BCUT2D eigenvalue weighted by Gasteiger charge is -2.37. The largest absolute Gasteiger partial charge is 0.389 e. The van der Waals surface area contributed by atoms with E-state index >= 15 is 0 Å². The van der Waals surface area contributed by atoms with Gasteiger partial charge in [-0.3, -0.25) is 9.80 Å². The lowest BCUT2D eigenvalue weighted by atomic mass is 10.1. The minimum absolute atomic E-state index is 0.390. The number of piperazine rings is 1. The molecule has 1 atom stereocenters. The van der Waals surface area contributed by atoms with E-state index in [-0.39, 0.29) is 0 Å². The molecule has 1 unspecified atom stereocenters. The number of thiocarbonyl (C=S) groups is 1. The van der Waals surface area contributed by atoms with Crippen LogP contribution < -0.4 is 5.73 Å². The van der Waals surface area contributed by atoms with Crippen LogP contribution in [0.25, 0.3) is 0 Å². The second-order valence-electron chi connectivity index (χ2n) is 5.93. The molecule has 1 aromatic rings. The van der Waals surface area contributed by atoms with E-state index in [0.29, 0.717) is 17.6 Å². The van der Waals surface area contributed by atoms with Crippen LogP contribution in [0.15, 0.2) is 24.3 Å². The summed E-state index contributed by atoms with van der Waals surface area (Å²) in [6.45, 7) is 9.32. The van der Waals surface area contributed by atoms with Gasteiger partial charge in [-0.15, -0.1) is 0 Å². The molecule has 1 saturated heterocycles. The van der Waals surface area contributed by atoms with Crippen LogP contribution >= 0.6 is 12.2 Å². The van der Waals surface area contributed by atoms with Gasteiger partial charge in [-0.2, -0.15) is 0 Å². The standard InChI is InChI=1S/C16H25N3OS/c1-12(2)19-9-7-18(8-10-19)11-15(20)13-3-5-14(6-4-13)16(17)21/h3-6,12,15,20H,7-11H2,1-2H3,(H2,17,21). The van der Waals surface area contributed by atoms with E-state index in [1.807, 2.05) is 24.3 Å². The first kappa shape index (κ1) is 16.4. The van der Waals surface area contributed by atoms with Gasteiger partial charge in [0.1, 0.15) is 4.99 Å². The van der Waals surface area contributed by atoms with Crippen molar-refractivity contribution in [1.82, 2.24) is 9.80 Å². The van der Waals surface area contributed by atoms with Gasteiger partial charge in [0.05, 0.1) is 6.10 Å². The molecule has 0 radical (unpaired) electrons. The topological polar surface area (TPSA) is 52.7 Å². The first-order valence-corrected chi connectivity index (χ1v) is 7.92. The molecule has 116 valence electrons. The molecule has 0 spiro atoms. The summed E-state index contributed by atoms with van der Waals surface area (Å²) < 4.78 is 0. The van der Waals surface area contributed by atoms with Crippen molar-refractivity contribution in [3.8, 4) is 0 Å². The summed E-state index contributed by atoms with van der Waals surface area (Å²) in [6, 6.07) is 8.16. The summed E-state index contributed by atoms with van der Waals surface area (Å²) in [5.41, 5.74) is 7.34. The molecule has 1 heterocycles. The summed E-state index contributed by atoms with van der Waals surface area (Å²) in [6.07, 6.45) is -0.462. The third kappa shape index (κ3) is 4.48. The zero-order valence-electron chi connectivity index (χ0n) is 12.8. The molecule has 1 aromatic carbocycles. The monoisotopic (exact) mass is 307 g/mol. The van der Waals surface area contributed by atoms with Crippen LogP contribution in [-0.4, -0.2) is 58.7 Å². The zero-order chi connectivity index (χ0) is 15.4. The molecule has 0 saturated carbocycles. The molecular weight excluding hydrogens is 282 g/mol. The van der Waals surface area contributed by atoms with Crippen molar-refractivity contribution < 1.29 is 5.11 Å². The Bertz CT molecular complexity index is 467. The Labute approximate surface area is 132 Å². The third-order valence-electron chi connectivity index (χ3n) is 4.15. The van der Waals surface area contributed by atoms with Crippen LogP contribution in [0.2, 0.25) is 0 Å². The maximum absolute atomic E-state index is 10.4. The molecule has 1 aliphatic rings. The Morgan fingerprint density at radius 2 is 1.76 bits per heavy atom. The minimum atomic E-state index is -0.462. The molecule has 4 nitrogen and oxygen atoms in total. The number of β-amino-alcohol motifs (C(OH)–C–C–N with tert-alkyl or cyclic N) is 1. The fraction of sp³-hybridized carbons (Fsp3) is 0.562. The molecular formula is C16H25N3OS. The van der Waals surface area contributed by atoms with Crippen molar-refractivity contribution in [3.63, 3.8) is 0 Å². The molecule has 1 fully saturated rings. The minimum Gasteiger partial charge on any atom is -0.389 e. The SMILES string of the molecule is CC(C)N1CCN(CC(O)c2ccc(C(N)=S)cc2)CC1. The van der Waals surface area contributed by atoms with E-state index in [2.05, 4.69) is 23.6 Å². The number of hydrogen-bond acceptors (Lipinski definition) is 4. The predicted octanol–water partition coefficient (Wildman–Crippen LogP) is 1.38. The highest BCUT2D eigenvalue weighted by atomic mass is 32.1. The van der Waals surface area contributed by atoms with Gasteiger partial charge in [0, 0.05) is 44.3 Å². The van der Waals surface area contributed by atoms with Gasteiger partial charge in [0.25, 0.3) is 0 Å². The highest BCUT2D eigenvalue weighted by Gasteiger charge is 2.21. The zero-order valence-corrected chi connectivity index (χ0v) is 13.6. The molecule has 3 N–H and O–H groups in total. The summed E-state index contributed by atoms with van der Waals surface area (Å²) >= 11 is 4.94. The smallest absolute Gasteiger partial charge is 0.103 e. The Hall–Kier alpha value is -1.01. The summed E-state index contributed by atoms with van der Waals surface area (Å²) in [5.74, 6) is 0. The Morgan fingerprint density at radius 3 is 2.24 bits per heavy atom. The fourth-order valence-corrected chi connectivity index (χ4v) is 2.82. The fourth-order valence-electron chi connectivity index (χ4n) is 2.68. The molecule has 0 bridgehead atoms. The number of aliphatic hydroxyl groups is 1. The maximum Gasteiger partial charge on any atom is 0.103 e. The molecule has 5 heteroatoms. The summed E-state index contributed by atoms with van der Waals surface area (Å²) in [7, 11) is 0. The van der Waals surface area contributed by atoms with Gasteiger partial charge in [-0.25, -0.2) is 0 Å². The normalized spacial score (nSPS) is 18.9. The van der Waals surface area contributed by atoms with Gasteiger partial charge >= 0.3 is 0 Å². The van der Waals surface area contributed by atoms with E-state index in [0.717, 1.165) is 37.3 Å². The van der Waals surface area contributed by atoms with Gasteiger partial charge < -0.3 is 10.8 Å². The van der Waals surface area contributed by atoms with Crippen LogP contribution in [0.5, 0.6) is 0 Å². The van der Waals surface area contributed by atoms with Crippen LogP contribution in [0.4, 0.5) is 0 Å². The van der Waals surface area contributed by atoms with Crippen LogP contribution in [0, 0.1) is 0 Å². The number of nitrogens with two attached hydrogens (primary N) is 1. The lowest BCUT2D eigenvalue weighted by Crippen LogP contribution is -2.49. The van der Waals surface area contributed by atoms with Crippen molar-refractivity contribution in [2.45, 2.75) is 26.0 Å². The van der Waals surface area contributed by atoms with E-state index in [1.165, 1.54) is 0 Å². The number of hydrogen-bond donors (Lipinski definition) is 2. The second-order valence-corrected chi connectivity index (χ2v) is 6.37. The lowest BCUT2D eigenvalue weighted by molar-refractivity contribution is 0.0621. The maximum atomic E-state index is 10.4. The molecule has 0 aliphatic carbocycles. The van der Waals surface area contributed by atoms with Crippen LogP contribution in [0.1, 0.15) is 31.1 Å². The van der Waals surface area contributed by atoms with Crippen molar-refractivity contribution in [2.75, 3.05) is 32.7 Å². The second kappa shape index (κ2) is 7.31. The Morgan fingerprint density at radius 1 is 1.19 bits per heavy atom. The van der Waals surface area contributed by atoms with Crippen LogP contribution in [-0.2, 0) is 0 Å². The first-order valence-electron chi connectivity index (χ1n) is 7.51. The van der Waals surface area contributed by atoms with E-state index < -0.39 is 6.10 Å². The summed E-state index contributed by atoms with van der Waals surface area (Å²) in [5, 5.41) is 10.4. The average Bonchev–Trinajstić information content (AvgIpc) is 2.47. The van der Waals surface area contributed by atoms with Crippen molar-refractivity contribution >= 4 is 17.2 Å². The highest BCUT2D eigenvalue weighted by molar-refractivity contribution is 7.80. The average molecular weight is 307 g/mol.